The smallest absolute Gasteiger partial charge is 0.305 e. The number of thioether (sulfide) groups is 1. The van der Waals surface area contributed by atoms with E-state index in [1.165, 1.54) is 48.2 Å². The molecule has 0 unspecified atom stereocenters. The number of unbranched alkanes of at least 4 members (excludes halogenated alkanes) is 3. The lowest BCUT2D eigenvalue weighted by atomic mass is 9.97. The number of carbonyl (C=O) groups excluding carboxylic acids is 16. The topological polar surface area (TPSA) is 632 Å². The molecule has 43 nitrogen and oxygen atoms in total. The Morgan fingerprint density at radius 3 is 1.62 bits per heavy atom. The van der Waals surface area contributed by atoms with Crippen LogP contribution in [0.4, 0.5) is 0 Å². The predicted octanol–water partition coefficient (Wildman–Crippen LogP) is -2.52. The van der Waals surface area contributed by atoms with E-state index in [2.05, 4.69) is 63.1 Å². The molecule has 4 aliphatic rings. The maximum atomic E-state index is 15.7. The number of nitrogens with one attached hydrogen (secondary N) is 12. The number of aliphatic hydroxyl groups excluding tert-OH is 2. The zero-order valence-electron chi connectivity index (χ0n) is 76.8. The summed E-state index contributed by atoms with van der Waals surface area (Å²) in [6, 6.07) is -3.05. The van der Waals surface area contributed by atoms with E-state index < -0.39 is 261 Å². The van der Waals surface area contributed by atoms with Gasteiger partial charge in [0.05, 0.1) is 31.4 Å². The van der Waals surface area contributed by atoms with Gasteiger partial charge in [-0.3, -0.25) is 86.3 Å². The Morgan fingerprint density at radius 1 is 0.511 bits per heavy atom. The molecule has 3 aromatic carbocycles. The van der Waals surface area contributed by atoms with E-state index in [1.807, 2.05) is 32.8 Å². The van der Waals surface area contributed by atoms with Crippen LogP contribution >= 0.6 is 11.8 Å². The van der Waals surface area contributed by atoms with Crippen LogP contribution in [-0.4, -0.2) is 348 Å². The number of rotatable bonds is 27. The largest absolute Gasteiger partial charge is 0.508 e. The highest BCUT2D eigenvalue weighted by molar-refractivity contribution is 8.00. The number of aliphatic hydroxyl groups is 2. The van der Waals surface area contributed by atoms with Gasteiger partial charge < -0.3 is 130 Å². The fraction of sp³-hybridized carbons (Fsp3) is 0.560. The standard InChI is InChI=1S/C91H128N20O23S/c1-7-9-25-69-83(126)98-60(24-15-17-35-106(3)4)79(122)105-68(78(121)96-46-74(93)115)49-135-50-75(116)97-63(38-51-29-31-54(113)32-30-51)89(132)109-36-18-16-27-70(109)84(127)102-65(42-77(119)120)90(133)110-37-19-28-71(110)85(128)103-66(43-92)81(124)99-61(33-34-76(117)118)88(131)111-47-55(114)41-73(111)86(129)100-62(39-52-44-94-58-22-13-11-20-56(52)58)80(123)104-67(48-112)82(125)101-64(40-53-45-95-59-23-14-12-21-57(53)59)87(130)108(6)72(26-10-8-2)91(134)107(69)5/h11-14,20-23,29-32,44-45,55,60-73,94-95,112-114H,7-10,15-19,24-28,33-43,46-50,92H2,1-6H3,(H2,93,115)(H,96,121)(H,97,116)(H,98,126)(H,99,124)(H,100,129)(H,101,125)(H,102,127)(H,103,128)(H,104,123)(H,105,122)(H,117,118)(H,119,120)/t55-,60+,61+,62+,63+,64+,65+,66+,67+,68+,69+,70+,71+,72+,73+/m1/s1. The normalized spacial score (nSPS) is 25.3. The Balaban J connectivity index is 1.10. The fourth-order valence-corrected chi connectivity index (χ4v) is 18.1. The van der Waals surface area contributed by atoms with E-state index in [9.17, 15) is 68.7 Å². The Bertz CT molecular complexity index is 5050. The van der Waals surface area contributed by atoms with E-state index in [4.69, 9.17) is 11.5 Å². The first-order chi connectivity index (χ1) is 64.4. The van der Waals surface area contributed by atoms with Crippen LogP contribution in [0.2, 0.25) is 0 Å². The van der Waals surface area contributed by atoms with Crippen molar-refractivity contribution in [3.63, 3.8) is 0 Å². The minimum Gasteiger partial charge on any atom is -0.508 e. The minimum absolute atomic E-state index is 0.00281. The van der Waals surface area contributed by atoms with Crippen LogP contribution in [0, 0.1) is 0 Å². The average molecular weight is 1900 g/mol. The number of phenolic OH excluding ortho intramolecular Hbond substituents is 1. The molecule has 0 radical (unpaired) electrons. The first-order valence-corrected chi connectivity index (χ1v) is 46.9. The monoisotopic (exact) mass is 1900 g/mol. The van der Waals surface area contributed by atoms with Crippen LogP contribution in [0.5, 0.6) is 5.75 Å². The van der Waals surface area contributed by atoms with Gasteiger partial charge in [0, 0.05) is 112 Å². The number of nitrogens with zero attached hydrogens (tertiary/aromatic N) is 6. The van der Waals surface area contributed by atoms with E-state index >= 15 is 43.2 Å². The molecule has 0 spiro atoms. The number of carbonyl (C=O) groups is 18. The number of carboxylic acids is 2. The number of H-pyrrole nitrogens is 2. The number of hydrogen-bond donors (Lipinski definition) is 19. The number of piperidine rings is 1. The number of amides is 16. The molecule has 16 amide bonds. The Morgan fingerprint density at radius 2 is 1.02 bits per heavy atom. The second-order valence-electron chi connectivity index (χ2n) is 34.9. The van der Waals surface area contributed by atoms with Crippen molar-refractivity contribution in [2.45, 2.75) is 239 Å². The summed E-state index contributed by atoms with van der Waals surface area (Å²) in [4.78, 5) is 276. The number of carboxylic acid groups (broad SMARTS) is 2. The van der Waals surface area contributed by atoms with Crippen LogP contribution < -0.4 is 64.6 Å². The number of fused-ring (bicyclic) bond motifs is 5. The Labute approximate surface area is 784 Å². The number of likely N-dealkylation sites (N-methyl/N-ethyl adjacent to an activating group) is 2. The number of phenols is 1. The minimum atomic E-state index is -1.92. The average Bonchev–Trinajstić information content (AvgIpc) is 1.66. The predicted molar refractivity (Wildman–Crippen MR) is 493 cm³/mol. The van der Waals surface area contributed by atoms with Crippen molar-refractivity contribution in [2.75, 3.05) is 85.6 Å². The van der Waals surface area contributed by atoms with Gasteiger partial charge in [0.15, 0.2) is 0 Å². The number of aromatic nitrogens is 2. The van der Waals surface area contributed by atoms with Crippen molar-refractivity contribution in [3.8, 4) is 5.75 Å². The third-order valence-electron chi connectivity index (χ3n) is 24.6. The van der Waals surface area contributed by atoms with Gasteiger partial charge in [0.1, 0.15) is 90.3 Å². The molecule has 0 aliphatic carbocycles. The number of primary amides is 1. The van der Waals surface area contributed by atoms with E-state index in [0.717, 1.165) is 26.5 Å². The maximum absolute atomic E-state index is 15.7. The third-order valence-corrected chi connectivity index (χ3v) is 25.7. The number of aromatic hydroxyl groups is 1. The molecule has 4 fully saturated rings. The van der Waals surface area contributed by atoms with Gasteiger partial charge >= 0.3 is 11.9 Å². The van der Waals surface area contributed by atoms with Gasteiger partial charge in [-0.15, -0.1) is 11.8 Å². The van der Waals surface area contributed by atoms with Crippen LogP contribution in [0.3, 0.4) is 0 Å². The van der Waals surface area contributed by atoms with Crippen molar-refractivity contribution in [2.24, 2.45) is 11.5 Å². The van der Waals surface area contributed by atoms with Crippen molar-refractivity contribution in [1.82, 2.24) is 92.5 Å². The zero-order valence-corrected chi connectivity index (χ0v) is 77.6. The Hall–Kier alpha value is -12.8. The summed E-state index contributed by atoms with van der Waals surface area (Å²) >= 11 is 0.796. The number of nitrogens with two attached hydrogens (primary N) is 2. The van der Waals surface area contributed by atoms with E-state index in [0.29, 0.717) is 96.4 Å². The maximum Gasteiger partial charge on any atom is 0.305 e. The molecule has 5 aromatic rings. The van der Waals surface area contributed by atoms with Crippen molar-refractivity contribution in [1.29, 1.82) is 0 Å². The first-order valence-electron chi connectivity index (χ1n) is 45.7. The number of hydrogen-bond acceptors (Lipinski definition) is 24. The SMILES string of the molecule is CCCC[C@H]1C(=O)N(C)[C@@H](CCCC)C(=O)N[C@@H](CCCCN(C)C)C(=O)N[C@H](C(=O)NCC(N)=O)CSCC(=O)N[C@@H](Cc2ccc(O)cc2)C(=O)N2CCCC[C@H]2C(=O)N[C@@H](CC(=O)O)C(=O)N2CCC[C@H]2C(=O)N[C@@H](CN)C(=O)N[C@@H](CCC(=O)O)C(=O)N2C[C@H](O)C[C@H]2C(=O)N[C@@H](Cc2c[nH]c3ccccc23)C(=O)N[C@@H](CO)C(=O)N[C@@H](Cc2c[nH]c3ccccc23)C(=O)N1C. The lowest BCUT2D eigenvalue weighted by Gasteiger charge is -2.38. The molecule has 2 aromatic heterocycles. The van der Waals surface area contributed by atoms with Crippen LogP contribution in [0.1, 0.15) is 146 Å². The van der Waals surface area contributed by atoms with Gasteiger partial charge in [-0.2, -0.15) is 0 Å². The molecule has 0 bridgehead atoms. The second-order valence-corrected chi connectivity index (χ2v) is 35.9. The quantitative estimate of drug-likeness (QED) is 0.0241. The van der Waals surface area contributed by atoms with Gasteiger partial charge in [0.2, 0.25) is 94.5 Å². The summed E-state index contributed by atoms with van der Waals surface area (Å²) < 4.78 is 0. The molecule has 135 heavy (non-hydrogen) atoms. The molecular weight excluding hydrogens is 1770 g/mol. The summed E-state index contributed by atoms with van der Waals surface area (Å²) in [5.41, 5.74) is 14.2. The number of para-hydroxylation sites is 2. The summed E-state index contributed by atoms with van der Waals surface area (Å²) in [5.74, 6) is -19.7. The molecule has 4 saturated heterocycles. The summed E-state index contributed by atoms with van der Waals surface area (Å²) in [5, 5.41) is 80.3. The number of aliphatic carboxylic acids is 2. The van der Waals surface area contributed by atoms with Gasteiger partial charge in [-0.25, -0.2) is 0 Å². The van der Waals surface area contributed by atoms with Gasteiger partial charge in [0.25, 0.3) is 0 Å². The lowest BCUT2D eigenvalue weighted by Crippen LogP contribution is -2.62. The Kier molecular flexibility index (Phi) is 40.0. The summed E-state index contributed by atoms with van der Waals surface area (Å²) in [7, 11) is 6.38. The molecular formula is C91H128N20O23S. The molecule has 6 heterocycles. The molecule has 15 atom stereocenters. The van der Waals surface area contributed by atoms with E-state index in [1.54, 1.807) is 60.9 Å². The highest BCUT2D eigenvalue weighted by Crippen LogP contribution is 2.29. The van der Waals surface area contributed by atoms with Crippen molar-refractivity contribution in [3.05, 3.63) is 102 Å². The highest BCUT2D eigenvalue weighted by atomic mass is 32.2. The third kappa shape index (κ3) is 29.6. The van der Waals surface area contributed by atoms with E-state index in [-0.39, 0.29) is 76.6 Å². The van der Waals surface area contributed by atoms with Gasteiger partial charge in [-0.1, -0.05) is 88.1 Å². The van der Waals surface area contributed by atoms with Crippen LogP contribution in [0.15, 0.2) is 85.2 Å². The summed E-state index contributed by atoms with van der Waals surface area (Å²) in [6.07, 6.45) is 0.886. The van der Waals surface area contributed by atoms with Crippen molar-refractivity contribution < 1.29 is 112 Å². The fourth-order valence-electron chi connectivity index (χ4n) is 17.3. The lowest BCUT2D eigenvalue weighted by molar-refractivity contribution is -0.149. The van der Waals surface area contributed by atoms with Gasteiger partial charge in [-0.05, 0) is 132 Å². The molecule has 736 valence electrons. The molecule has 4 aliphatic heterocycles. The number of benzene rings is 3. The number of aromatic amines is 2. The first kappa shape index (κ1) is 106. The molecule has 21 N–H and O–H groups in total. The molecule has 44 heteroatoms. The second kappa shape index (κ2) is 51.0. The van der Waals surface area contributed by atoms with Crippen LogP contribution in [0.25, 0.3) is 21.8 Å². The molecule has 0 saturated carbocycles. The molecule has 9 rings (SSSR count). The van der Waals surface area contributed by atoms with Crippen LogP contribution in [-0.2, 0) is 106 Å². The summed E-state index contributed by atoms with van der Waals surface area (Å²) in [6.45, 7) is 0.791. The zero-order chi connectivity index (χ0) is 98.4. The van der Waals surface area contributed by atoms with Crippen molar-refractivity contribution >= 4 is 140 Å². The highest BCUT2D eigenvalue weighted by Gasteiger charge is 2.47.